The molecule has 0 aliphatic heterocycles. The number of halogens is 1. The molecular formula is C14H16ClN3O2S. The summed E-state index contributed by atoms with van der Waals surface area (Å²) in [5.41, 5.74) is 1.95. The van der Waals surface area contributed by atoms with Crippen LogP contribution in [0.4, 0.5) is 5.69 Å². The lowest BCUT2D eigenvalue weighted by molar-refractivity contribution is 0.601. The zero-order chi connectivity index (χ0) is 15.5. The Hall–Kier alpha value is -1.63. The van der Waals surface area contributed by atoms with Crippen molar-refractivity contribution in [2.45, 2.75) is 18.4 Å². The minimum absolute atomic E-state index is 0.173. The molecule has 112 valence electrons. The second-order valence-corrected chi connectivity index (χ2v) is 6.66. The average molecular weight is 326 g/mol. The Balaban J connectivity index is 2.33. The number of nitrogens with zero attached hydrogens (tertiary/aromatic N) is 1. The highest BCUT2D eigenvalue weighted by atomic mass is 35.5. The van der Waals surface area contributed by atoms with Crippen LogP contribution in [0.2, 0.25) is 5.02 Å². The molecule has 1 heterocycles. The van der Waals surface area contributed by atoms with Crippen molar-refractivity contribution in [2.75, 3.05) is 11.8 Å². The van der Waals surface area contributed by atoms with Crippen molar-refractivity contribution in [3.63, 3.8) is 0 Å². The quantitative estimate of drug-likeness (QED) is 0.886. The van der Waals surface area contributed by atoms with E-state index < -0.39 is 10.0 Å². The van der Waals surface area contributed by atoms with Gasteiger partial charge < -0.3 is 5.32 Å². The number of aromatic nitrogens is 1. The normalized spacial score (nSPS) is 11.4. The van der Waals surface area contributed by atoms with Gasteiger partial charge in [0, 0.05) is 23.5 Å². The van der Waals surface area contributed by atoms with E-state index in [1.165, 1.54) is 6.07 Å². The zero-order valence-corrected chi connectivity index (χ0v) is 13.3. The second-order valence-electron chi connectivity index (χ2n) is 4.57. The molecule has 0 bridgehead atoms. The standard InChI is InChI=1S/C14H16ClN3O2S/c1-10-7-12(5-6-17-10)18-21(19,20)13-3-4-14(15)11(8-13)9-16-2/h3-8,16H,9H2,1-2H3,(H,17,18). The van der Waals surface area contributed by atoms with Crippen LogP contribution in [0.1, 0.15) is 11.3 Å². The molecule has 0 unspecified atom stereocenters. The predicted octanol–water partition coefficient (Wildman–Crippen LogP) is 2.56. The molecule has 5 nitrogen and oxygen atoms in total. The maximum absolute atomic E-state index is 12.4. The van der Waals surface area contributed by atoms with Gasteiger partial charge in [-0.25, -0.2) is 8.42 Å². The van der Waals surface area contributed by atoms with Crippen molar-refractivity contribution in [3.8, 4) is 0 Å². The summed E-state index contributed by atoms with van der Waals surface area (Å²) >= 11 is 6.04. The highest BCUT2D eigenvalue weighted by molar-refractivity contribution is 7.92. The van der Waals surface area contributed by atoms with Crippen LogP contribution in [0.25, 0.3) is 0 Å². The van der Waals surface area contributed by atoms with E-state index in [1.54, 1.807) is 44.4 Å². The first-order chi connectivity index (χ1) is 9.92. The SMILES string of the molecule is CNCc1cc(S(=O)(=O)Nc2ccnc(C)c2)ccc1Cl. The minimum Gasteiger partial charge on any atom is -0.316 e. The molecule has 2 aromatic rings. The maximum atomic E-state index is 12.4. The highest BCUT2D eigenvalue weighted by Gasteiger charge is 2.16. The number of hydrogen-bond donors (Lipinski definition) is 2. The molecule has 0 spiro atoms. The van der Waals surface area contributed by atoms with Crippen LogP contribution in [0.5, 0.6) is 0 Å². The van der Waals surface area contributed by atoms with Gasteiger partial charge in [0.05, 0.1) is 10.6 Å². The summed E-state index contributed by atoms with van der Waals surface area (Å²) in [6, 6.07) is 7.91. The fraction of sp³-hybridized carbons (Fsp3) is 0.214. The summed E-state index contributed by atoms with van der Waals surface area (Å²) in [6.45, 7) is 2.29. The number of hydrogen-bond acceptors (Lipinski definition) is 4. The van der Waals surface area contributed by atoms with Crippen LogP contribution in [-0.4, -0.2) is 20.4 Å². The third kappa shape index (κ3) is 3.93. The van der Waals surface area contributed by atoms with Gasteiger partial charge in [0.15, 0.2) is 0 Å². The van der Waals surface area contributed by atoms with Crippen molar-refractivity contribution in [3.05, 3.63) is 52.8 Å². The van der Waals surface area contributed by atoms with Crippen molar-refractivity contribution in [2.24, 2.45) is 0 Å². The molecule has 1 aromatic carbocycles. The van der Waals surface area contributed by atoms with E-state index in [1.807, 2.05) is 0 Å². The Morgan fingerprint density at radius 1 is 1.24 bits per heavy atom. The molecule has 0 saturated heterocycles. The Labute approximate surface area is 129 Å². The molecular weight excluding hydrogens is 310 g/mol. The maximum Gasteiger partial charge on any atom is 0.261 e. The highest BCUT2D eigenvalue weighted by Crippen LogP contribution is 2.22. The van der Waals surface area contributed by atoms with Gasteiger partial charge in [-0.2, -0.15) is 0 Å². The van der Waals surface area contributed by atoms with Gasteiger partial charge in [-0.3, -0.25) is 9.71 Å². The number of nitrogens with one attached hydrogen (secondary N) is 2. The van der Waals surface area contributed by atoms with E-state index in [9.17, 15) is 8.42 Å². The molecule has 1 aromatic heterocycles. The number of sulfonamides is 1. The molecule has 7 heteroatoms. The summed E-state index contributed by atoms with van der Waals surface area (Å²) in [5, 5.41) is 3.48. The molecule has 2 rings (SSSR count). The smallest absolute Gasteiger partial charge is 0.261 e. The third-order valence-electron chi connectivity index (χ3n) is 2.84. The van der Waals surface area contributed by atoms with Crippen LogP contribution in [0.15, 0.2) is 41.4 Å². The lowest BCUT2D eigenvalue weighted by Gasteiger charge is -2.11. The number of aryl methyl sites for hydroxylation is 1. The summed E-state index contributed by atoms with van der Waals surface area (Å²) in [7, 11) is -1.88. The lowest BCUT2D eigenvalue weighted by atomic mass is 10.2. The monoisotopic (exact) mass is 325 g/mol. The first kappa shape index (κ1) is 15.8. The third-order valence-corrected chi connectivity index (χ3v) is 4.59. The van der Waals surface area contributed by atoms with Crippen molar-refractivity contribution < 1.29 is 8.42 Å². The van der Waals surface area contributed by atoms with E-state index in [-0.39, 0.29) is 4.90 Å². The van der Waals surface area contributed by atoms with Crippen LogP contribution in [0, 0.1) is 6.92 Å². The van der Waals surface area contributed by atoms with Gasteiger partial charge in [-0.1, -0.05) is 11.6 Å². The largest absolute Gasteiger partial charge is 0.316 e. The predicted molar refractivity (Wildman–Crippen MR) is 84.0 cm³/mol. The molecule has 0 aliphatic rings. The number of benzene rings is 1. The molecule has 0 amide bonds. The summed E-state index contributed by atoms with van der Waals surface area (Å²) in [6.07, 6.45) is 1.56. The van der Waals surface area contributed by atoms with E-state index >= 15 is 0 Å². The van der Waals surface area contributed by atoms with E-state index in [0.717, 1.165) is 11.3 Å². The fourth-order valence-corrected chi connectivity index (χ4v) is 3.15. The van der Waals surface area contributed by atoms with E-state index in [2.05, 4.69) is 15.0 Å². The molecule has 2 N–H and O–H groups in total. The molecule has 21 heavy (non-hydrogen) atoms. The van der Waals surface area contributed by atoms with Crippen LogP contribution in [0.3, 0.4) is 0 Å². The second kappa shape index (κ2) is 6.43. The van der Waals surface area contributed by atoms with E-state index in [4.69, 9.17) is 11.6 Å². The number of pyridine rings is 1. The van der Waals surface area contributed by atoms with E-state index in [0.29, 0.717) is 17.3 Å². The lowest BCUT2D eigenvalue weighted by Crippen LogP contribution is -2.14. The summed E-state index contributed by atoms with van der Waals surface area (Å²) < 4.78 is 27.3. The first-order valence-corrected chi connectivity index (χ1v) is 8.17. The van der Waals surface area contributed by atoms with Crippen molar-refractivity contribution in [1.29, 1.82) is 0 Å². The van der Waals surface area contributed by atoms with Crippen LogP contribution >= 0.6 is 11.6 Å². The molecule has 0 aliphatic carbocycles. The Kier molecular flexibility index (Phi) is 4.82. The minimum atomic E-state index is -3.65. The summed E-state index contributed by atoms with van der Waals surface area (Å²) in [4.78, 5) is 4.20. The molecule has 0 saturated carbocycles. The Morgan fingerprint density at radius 3 is 2.67 bits per heavy atom. The Morgan fingerprint density at radius 2 is 2.00 bits per heavy atom. The number of anilines is 1. The van der Waals surface area contributed by atoms with Crippen LogP contribution in [-0.2, 0) is 16.6 Å². The van der Waals surface area contributed by atoms with Crippen LogP contribution < -0.4 is 10.0 Å². The number of rotatable bonds is 5. The topological polar surface area (TPSA) is 71.1 Å². The first-order valence-electron chi connectivity index (χ1n) is 6.31. The van der Waals surface area contributed by atoms with Gasteiger partial charge in [-0.15, -0.1) is 0 Å². The molecule has 0 atom stereocenters. The van der Waals surface area contributed by atoms with Gasteiger partial charge >= 0.3 is 0 Å². The molecule has 0 radical (unpaired) electrons. The van der Waals surface area contributed by atoms with Gasteiger partial charge in [-0.05, 0) is 49.9 Å². The zero-order valence-electron chi connectivity index (χ0n) is 11.7. The summed E-state index contributed by atoms with van der Waals surface area (Å²) in [5.74, 6) is 0. The van der Waals surface area contributed by atoms with Crippen molar-refractivity contribution >= 4 is 27.3 Å². The van der Waals surface area contributed by atoms with Gasteiger partial charge in [0.25, 0.3) is 10.0 Å². The van der Waals surface area contributed by atoms with Crippen molar-refractivity contribution in [1.82, 2.24) is 10.3 Å². The Bertz CT molecular complexity index is 748. The van der Waals surface area contributed by atoms with Gasteiger partial charge in [0.1, 0.15) is 0 Å². The van der Waals surface area contributed by atoms with Gasteiger partial charge in [0.2, 0.25) is 0 Å². The average Bonchev–Trinajstić information content (AvgIpc) is 2.41. The fourth-order valence-electron chi connectivity index (χ4n) is 1.87. The molecule has 0 fully saturated rings.